The lowest BCUT2D eigenvalue weighted by atomic mass is 10.1. The number of hydrogen-bond donors (Lipinski definition) is 1. The number of ether oxygens (including phenoxy) is 1. The molecule has 2 rings (SSSR count). The van der Waals surface area contributed by atoms with Gasteiger partial charge in [-0.15, -0.1) is 0 Å². The third-order valence-electron chi connectivity index (χ3n) is 2.48. The van der Waals surface area contributed by atoms with Crippen molar-refractivity contribution in [1.29, 1.82) is 0 Å². The van der Waals surface area contributed by atoms with Crippen LogP contribution in [0.5, 0.6) is 11.5 Å². The van der Waals surface area contributed by atoms with E-state index >= 15 is 0 Å². The number of hydrogen-bond acceptors (Lipinski definition) is 2. The molecular formula is C20H28O2. The van der Waals surface area contributed by atoms with Gasteiger partial charge in [-0.25, -0.2) is 0 Å². The van der Waals surface area contributed by atoms with Gasteiger partial charge < -0.3 is 9.84 Å². The summed E-state index contributed by atoms with van der Waals surface area (Å²) in [5.74, 6) is 1.98. The predicted molar refractivity (Wildman–Crippen MR) is 94.4 cm³/mol. The van der Waals surface area contributed by atoms with E-state index in [-0.39, 0.29) is 11.4 Å². The first-order valence-electron chi connectivity index (χ1n) is 7.76. The Hall–Kier alpha value is -1.96. The molecule has 0 saturated heterocycles. The van der Waals surface area contributed by atoms with Crippen LogP contribution < -0.4 is 4.74 Å². The van der Waals surface area contributed by atoms with E-state index in [2.05, 4.69) is 20.8 Å². The van der Waals surface area contributed by atoms with Crippen LogP contribution in [0.15, 0.2) is 48.5 Å². The van der Waals surface area contributed by atoms with Crippen LogP contribution >= 0.6 is 0 Å². The zero-order valence-corrected chi connectivity index (χ0v) is 14.6. The van der Waals surface area contributed by atoms with Gasteiger partial charge in [-0.05, 0) is 62.1 Å². The fraction of sp³-hybridized carbons (Fsp3) is 0.400. The van der Waals surface area contributed by atoms with E-state index in [0.717, 1.165) is 22.8 Å². The van der Waals surface area contributed by atoms with Crippen LogP contribution in [0.3, 0.4) is 0 Å². The lowest BCUT2D eigenvalue weighted by molar-refractivity contribution is 0.131. The van der Waals surface area contributed by atoms with Crippen LogP contribution in [0.4, 0.5) is 0 Å². The van der Waals surface area contributed by atoms with Crippen molar-refractivity contribution in [3.8, 4) is 22.6 Å². The zero-order chi connectivity index (χ0) is 16.8. The highest BCUT2D eigenvalue weighted by atomic mass is 16.5. The molecule has 2 aromatic rings. The summed E-state index contributed by atoms with van der Waals surface area (Å²) < 4.78 is 5.77. The summed E-state index contributed by atoms with van der Waals surface area (Å²) in [6, 6.07) is 15.1. The third-order valence-corrected chi connectivity index (χ3v) is 2.48. The van der Waals surface area contributed by atoms with E-state index in [1.165, 1.54) is 0 Å². The molecule has 2 aromatic carbocycles. The minimum absolute atomic E-state index is 0.181. The van der Waals surface area contributed by atoms with Crippen LogP contribution in [-0.2, 0) is 0 Å². The van der Waals surface area contributed by atoms with Gasteiger partial charge in [0.2, 0.25) is 0 Å². The standard InChI is InChI=1S/C16H18O2.C4H10/c1-16(2,3)18-15-10-6-13(7-11-15)12-4-8-14(17)9-5-12;1-4(2)3/h4-11,17H,1-3H3;4H,1-3H3. The number of phenolic OH excluding ortho intramolecular Hbond substituents is 1. The first kappa shape index (κ1) is 18.1. The van der Waals surface area contributed by atoms with Crippen molar-refractivity contribution < 1.29 is 9.84 Å². The molecule has 0 aliphatic rings. The SMILES string of the molecule is CC(C)(C)Oc1ccc(-c2ccc(O)cc2)cc1.CC(C)C. The van der Waals surface area contributed by atoms with E-state index in [1.54, 1.807) is 12.1 Å². The van der Waals surface area contributed by atoms with Crippen molar-refractivity contribution in [3.63, 3.8) is 0 Å². The maximum absolute atomic E-state index is 9.26. The van der Waals surface area contributed by atoms with Gasteiger partial charge >= 0.3 is 0 Å². The maximum atomic E-state index is 9.26. The van der Waals surface area contributed by atoms with Gasteiger partial charge in [0, 0.05) is 0 Å². The fourth-order valence-corrected chi connectivity index (χ4v) is 1.72. The minimum atomic E-state index is -0.181. The molecule has 0 heterocycles. The smallest absolute Gasteiger partial charge is 0.120 e. The van der Waals surface area contributed by atoms with Crippen molar-refractivity contribution in [1.82, 2.24) is 0 Å². The monoisotopic (exact) mass is 300 g/mol. The fourth-order valence-electron chi connectivity index (χ4n) is 1.72. The van der Waals surface area contributed by atoms with E-state index in [9.17, 15) is 5.11 Å². The Kier molecular flexibility index (Phi) is 6.48. The second-order valence-corrected chi connectivity index (χ2v) is 7.02. The molecule has 0 radical (unpaired) electrons. The second kappa shape index (κ2) is 7.88. The van der Waals surface area contributed by atoms with Gasteiger partial charge in [0.25, 0.3) is 0 Å². The lowest BCUT2D eigenvalue weighted by Gasteiger charge is -2.21. The molecule has 22 heavy (non-hydrogen) atoms. The molecule has 0 amide bonds. The summed E-state index contributed by atoms with van der Waals surface area (Å²) in [4.78, 5) is 0. The number of aromatic hydroxyl groups is 1. The molecular weight excluding hydrogens is 272 g/mol. The van der Waals surface area contributed by atoms with Crippen molar-refractivity contribution in [2.45, 2.75) is 47.1 Å². The van der Waals surface area contributed by atoms with E-state index in [0.29, 0.717) is 0 Å². The molecule has 2 heteroatoms. The molecule has 0 spiro atoms. The first-order valence-corrected chi connectivity index (χ1v) is 7.76. The van der Waals surface area contributed by atoms with Crippen LogP contribution in [0, 0.1) is 5.92 Å². The van der Waals surface area contributed by atoms with Crippen molar-refractivity contribution in [3.05, 3.63) is 48.5 Å². The average Bonchev–Trinajstić information content (AvgIpc) is 2.38. The molecule has 0 aromatic heterocycles. The van der Waals surface area contributed by atoms with E-state index < -0.39 is 0 Å². The van der Waals surface area contributed by atoms with Crippen LogP contribution in [0.1, 0.15) is 41.5 Å². The summed E-state index contributed by atoms with van der Waals surface area (Å²) in [5.41, 5.74) is 2.01. The van der Waals surface area contributed by atoms with Crippen molar-refractivity contribution in [2.75, 3.05) is 0 Å². The molecule has 0 aliphatic carbocycles. The summed E-state index contributed by atoms with van der Waals surface area (Å²) in [7, 11) is 0. The Labute approximate surface area is 134 Å². The molecule has 0 unspecified atom stereocenters. The quantitative estimate of drug-likeness (QED) is 0.748. The Morgan fingerprint density at radius 2 is 1.14 bits per heavy atom. The topological polar surface area (TPSA) is 29.5 Å². The van der Waals surface area contributed by atoms with Crippen LogP contribution in [0.2, 0.25) is 0 Å². The Bertz CT molecular complexity index is 543. The van der Waals surface area contributed by atoms with E-state index in [1.807, 2.05) is 57.2 Å². The molecule has 1 N–H and O–H groups in total. The predicted octanol–water partition coefficient (Wildman–Crippen LogP) is 5.90. The normalized spacial score (nSPS) is 10.9. The molecule has 0 fully saturated rings. The van der Waals surface area contributed by atoms with Gasteiger partial charge in [0.15, 0.2) is 0 Å². The summed E-state index contributed by atoms with van der Waals surface area (Å²) in [6.45, 7) is 12.6. The largest absolute Gasteiger partial charge is 0.508 e. The highest BCUT2D eigenvalue weighted by Crippen LogP contribution is 2.25. The van der Waals surface area contributed by atoms with Gasteiger partial charge in [0.05, 0.1) is 0 Å². The zero-order valence-electron chi connectivity index (χ0n) is 14.6. The number of rotatable bonds is 2. The summed E-state index contributed by atoms with van der Waals surface area (Å²) >= 11 is 0. The first-order chi connectivity index (χ1) is 10.2. The van der Waals surface area contributed by atoms with Crippen molar-refractivity contribution >= 4 is 0 Å². The number of benzene rings is 2. The lowest BCUT2D eigenvalue weighted by Crippen LogP contribution is -2.22. The Balaban J connectivity index is 0.000000541. The van der Waals surface area contributed by atoms with Crippen LogP contribution in [0.25, 0.3) is 11.1 Å². The molecule has 0 atom stereocenters. The van der Waals surface area contributed by atoms with E-state index in [4.69, 9.17) is 4.74 Å². The maximum Gasteiger partial charge on any atom is 0.120 e. The molecule has 120 valence electrons. The molecule has 0 aliphatic heterocycles. The van der Waals surface area contributed by atoms with Gasteiger partial charge in [-0.1, -0.05) is 45.0 Å². The van der Waals surface area contributed by atoms with Gasteiger partial charge in [0.1, 0.15) is 17.1 Å². The summed E-state index contributed by atoms with van der Waals surface area (Å²) in [6.07, 6.45) is 0. The molecule has 2 nitrogen and oxygen atoms in total. The average molecular weight is 300 g/mol. The summed E-state index contributed by atoms with van der Waals surface area (Å²) in [5, 5.41) is 9.26. The van der Waals surface area contributed by atoms with Gasteiger partial charge in [-0.2, -0.15) is 0 Å². The Morgan fingerprint density at radius 1 is 0.773 bits per heavy atom. The second-order valence-electron chi connectivity index (χ2n) is 7.02. The third kappa shape index (κ3) is 7.16. The van der Waals surface area contributed by atoms with Crippen LogP contribution in [-0.4, -0.2) is 10.7 Å². The minimum Gasteiger partial charge on any atom is -0.508 e. The van der Waals surface area contributed by atoms with Crippen molar-refractivity contribution in [2.24, 2.45) is 5.92 Å². The molecule has 0 saturated carbocycles. The van der Waals surface area contributed by atoms with Gasteiger partial charge in [-0.3, -0.25) is 0 Å². The number of phenols is 1. The Morgan fingerprint density at radius 3 is 1.50 bits per heavy atom. The molecule has 0 bridgehead atoms. The highest BCUT2D eigenvalue weighted by Gasteiger charge is 2.11. The highest BCUT2D eigenvalue weighted by molar-refractivity contribution is 5.64.